The monoisotopic (exact) mass is 378 g/mol. The molecule has 0 saturated carbocycles. The van der Waals surface area contributed by atoms with Crippen LogP contribution in [0.3, 0.4) is 0 Å². The number of benzene rings is 1. The third-order valence-corrected chi connectivity index (χ3v) is 4.22. The number of carboxylic acids is 1. The Morgan fingerprint density at radius 3 is 2.52 bits per heavy atom. The molecule has 2 atom stereocenters. The maximum Gasteiger partial charge on any atom is 0.408 e. The van der Waals surface area contributed by atoms with E-state index in [9.17, 15) is 19.5 Å². The number of nitrogens with one attached hydrogen (secondary N) is 1. The minimum absolute atomic E-state index is 0.142. The number of methoxy groups -OCH3 is 1. The first-order valence-electron chi connectivity index (χ1n) is 8.80. The lowest BCUT2D eigenvalue weighted by Crippen LogP contribution is -2.53. The van der Waals surface area contributed by atoms with Gasteiger partial charge in [0.25, 0.3) is 5.91 Å². The van der Waals surface area contributed by atoms with Crippen molar-refractivity contribution in [1.29, 1.82) is 0 Å². The van der Waals surface area contributed by atoms with Crippen molar-refractivity contribution >= 4 is 23.7 Å². The van der Waals surface area contributed by atoms with Crippen molar-refractivity contribution in [2.45, 2.75) is 58.2 Å². The number of hydrogen-bond acceptors (Lipinski definition) is 5. The van der Waals surface area contributed by atoms with Gasteiger partial charge in [0, 0.05) is 12.0 Å². The third kappa shape index (κ3) is 4.50. The largest absolute Gasteiger partial charge is 0.496 e. The second-order valence-corrected chi connectivity index (χ2v) is 7.33. The van der Waals surface area contributed by atoms with Gasteiger partial charge in [0.05, 0.1) is 12.8 Å². The zero-order valence-corrected chi connectivity index (χ0v) is 16.2. The SMILES string of the molecule is CC[C@H](NC(=O)OC(C)(C)C)C(=O)N1c2cccc(OC)c2C[C@H]1C(=O)O. The van der Waals surface area contributed by atoms with Crippen LogP contribution in [-0.4, -0.2) is 47.9 Å². The summed E-state index contributed by atoms with van der Waals surface area (Å²) in [4.78, 5) is 38.2. The quantitative estimate of drug-likeness (QED) is 0.815. The standard InChI is InChI=1S/C19H26N2O6/c1-6-12(20-18(25)27-19(2,3)4)16(22)21-13-8-7-9-15(26-5)11(13)10-14(21)17(23)24/h7-9,12,14H,6,10H2,1-5H3,(H,20,25)(H,23,24)/t12-,14-/m0/s1. The van der Waals surface area contributed by atoms with Crippen LogP contribution in [0, 0.1) is 0 Å². The Morgan fingerprint density at radius 2 is 2.00 bits per heavy atom. The second kappa shape index (κ2) is 7.85. The van der Waals surface area contributed by atoms with E-state index in [1.165, 1.54) is 12.0 Å². The van der Waals surface area contributed by atoms with Crippen molar-refractivity contribution in [3.05, 3.63) is 23.8 Å². The van der Waals surface area contributed by atoms with Gasteiger partial charge in [-0.05, 0) is 39.3 Å². The lowest BCUT2D eigenvalue weighted by molar-refractivity contribution is -0.140. The fourth-order valence-corrected chi connectivity index (χ4v) is 3.05. The Balaban J connectivity index is 2.31. The molecule has 0 aromatic heterocycles. The van der Waals surface area contributed by atoms with Gasteiger partial charge in [0.1, 0.15) is 23.4 Å². The van der Waals surface area contributed by atoms with E-state index in [-0.39, 0.29) is 6.42 Å². The summed E-state index contributed by atoms with van der Waals surface area (Å²) in [5, 5.41) is 12.2. The molecule has 8 heteroatoms. The van der Waals surface area contributed by atoms with Crippen LogP contribution in [0.2, 0.25) is 0 Å². The van der Waals surface area contributed by atoms with E-state index in [2.05, 4.69) is 5.32 Å². The number of nitrogens with zero attached hydrogens (tertiary/aromatic N) is 1. The van der Waals surface area contributed by atoms with E-state index in [4.69, 9.17) is 9.47 Å². The zero-order valence-electron chi connectivity index (χ0n) is 16.2. The molecule has 2 amide bonds. The van der Waals surface area contributed by atoms with E-state index in [1.54, 1.807) is 45.9 Å². The number of carboxylic acid groups (broad SMARTS) is 1. The molecule has 2 rings (SSSR count). The zero-order chi connectivity index (χ0) is 20.4. The predicted molar refractivity (Wildman–Crippen MR) is 99.1 cm³/mol. The van der Waals surface area contributed by atoms with Crippen LogP contribution in [0.1, 0.15) is 39.7 Å². The summed E-state index contributed by atoms with van der Waals surface area (Å²) < 4.78 is 10.5. The van der Waals surface area contributed by atoms with Crippen LogP contribution in [0.25, 0.3) is 0 Å². The molecule has 0 aliphatic carbocycles. The van der Waals surface area contributed by atoms with Gasteiger partial charge in [-0.15, -0.1) is 0 Å². The molecule has 148 valence electrons. The number of hydrogen-bond donors (Lipinski definition) is 2. The predicted octanol–water partition coefficient (Wildman–Crippen LogP) is 2.34. The van der Waals surface area contributed by atoms with Gasteiger partial charge in [0.2, 0.25) is 0 Å². The Hall–Kier alpha value is -2.77. The smallest absolute Gasteiger partial charge is 0.408 e. The van der Waals surface area contributed by atoms with Crippen molar-refractivity contribution in [1.82, 2.24) is 5.32 Å². The summed E-state index contributed by atoms with van der Waals surface area (Å²) >= 11 is 0. The molecule has 8 nitrogen and oxygen atoms in total. The summed E-state index contributed by atoms with van der Waals surface area (Å²) in [5.74, 6) is -1.08. The van der Waals surface area contributed by atoms with Gasteiger partial charge < -0.3 is 19.9 Å². The number of alkyl carbamates (subject to hydrolysis) is 1. The topological polar surface area (TPSA) is 105 Å². The molecular weight excluding hydrogens is 352 g/mol. The maximum absolute atomic E-state index is 13.1. The third-order valence-electron chi connectivity index (χ3n) is 4.22. The molecule has 1 aliphatic rings. The highest BCUT2D eigenvalue weighted by atomic mass is 16.6. The molecule has 0 bridgehead atoms. The van der Waals surface area contributed by atoms with Gasteiger partial charge >= 0.3 is 12.1 Å². The summed E-state index contributed by atoms with van der Waals surface area (Å²) in [6.45, 7) is 6.90. The van der Waals surface area contributed by atoms with Crippen LogP contribution in [-0.2, 0) is 20.7 Å². The van der Waals surface area contributed by atoms with Crippen LogP contribution >= 0.6 is 0 Å². The highest BCUT2D eigenvalue weighted by Gasteiger charge is 2.42. The number of fused-ring (bicyclic) bond motifs is 1. The Kier molecular flexibility index (Phi) is 5.98. The van der Waals surface area contributed by atoms with Crippen LogP contribution in [0.4, 0.5) is 10.5 Å². The second-order valence-electron chi connectivity index (χ2n) is 7.33. The van der Waals surface area contributed by atoms with Crippen LogP contribution < -0.4 is 15.0 Å². The minimum atomic E-state index is -1.12. The molecule has 1 aromatic rings. The number of amides is 2. The molecule has 27 heavy (non-hydrogen) atoms. The molecule has 2 N–H and O–H groups in total. The summed E-state index contributed by atoms with van der Waals surface area (Å²) in [5.41, 5.74) is 0.437. The van der Waals surface area contributed by atoms with E-state index in [0.29, 0.717) is 23.4 Å². The average molecular weight is 378 g/mol. The fraction of sp³-hybridized carbons (Fsp3) is 0.526. The average Bonchev–Trinajstić information content (AvgIpc) is 2.97. The first kappa shape index (κ1) is 20.5. The molecule has 0 fully saturated rings. The minimum Gasteiger partial charge on any atom is -0.496 e. The van der Waals surface area contributed by atoms with E-state index in [0.717, 1.165) is 0 Å². The molecule has 0 saturated heterocycles. The molecule has 0 unspecified atom stereocenters. The molecule has 1 aliphatic heterocycles. The lowest BCUT2D eigenvalue weighted by Gasteiger charge is -2.28. The summed E-state index contributed by atoms with van der Waals surface area (Å²) in [6, 6.07) is 3.14. The van der Waals surface area contributed by atoms with Gasteiger partial charge in [-0.2, -0.15) is 0 Å². The fourth-order valence-electron chi connectivity index (χ4n) is 3.05. The number of carbonyl (C=O) groups excluding carboxylic acids is 2. The van der Waals surface area contributed by atoms with Crippen molar-refractivity contribution in [2.75, 3.05) is 12.0 Å². The first-order chi connectivity index (χ1) is 12.6. The van der Waals surface area contributed by atoms with Crippen molar-refractivity contribution in [3.8, 4) is 5.75 Å². The molecular formula is C19H26N2O6. The van der Waals surface area contributed by atoms with Crippen molar-refractivity contribution in [2.24, 2.45) is 0 Å². The normalized spacial score (nSPS) is 17.1. The first-order valence-corrected chi connectivity index (χ1v) is 8.80. The molecule has 1 heterocycles. The van der Waals surface area contributed by atoms with E-state index in [1.807, 2.05) is 0 Å². The van der Waals surface area contributed by atoms with Crippen molar-refractivity contribution < 1.29 is 29.0 Å². The lowest BCUT2D eigenvalue weighted by atomic mass is 10.1. The number of ether oxygens (including phenoxy) is 2. The van der Waals surface area contributed by atoms with Gasteiger partial charge in [-0.25, -0.2) is 9.59 Å². The highest BCUT2D eigenvalue weighted by Crippen LogP contribution is 2.38. The Bertz CT molecular complexity index is 740. The van der Waals surface area contributed by atoms with Crippen LogP contribution in [0.5, 0.6) is 5.75 Å². The summed E-state index contributed by atoms with van der Waals surface area (Å²) in [6.07, 6.45) is -0.289. The molecule has 0 radical (unpaired) electrons. The highest BCUT2D eigenvalue weighted by molar-refractivity contribution is 6.05. The Morgan fingerprint density at radius 1 is 1.33 bits per heavy atom. The maximum atomic E-state index is 13.1. The number of carbonyl (C=O) groups is 3. The number of aliphatic carboxylic acids is 1. The molecule has 1 aromatic carbocycles. The Labute approximate surface area is 158 Å². The van der Waals surface area contributed by atoms with Gasteiger partial charge in [0.15, 0.2) is 0 Å². The van der Waals surface area contributed by atoms with Crippen molar-refractivity contribution in [3.63, 3.8) is 0 Å². The van der Waals surface area contributed by atoms with Gasteiger partial charge in [-0.3, -0.25) is 9.69 Å². The number of anilines is 1. The summed E-state index contributed by atoms with van der Waals surface area (Å²) in [7, 11) is 1.49. The van der Waals surface area contributed by atoms with Crippen LogP contribution in [0.15, 0.2) is 18.2 Å². The number of rotatable bonds is 5. The van der Waals surface area contributed by atoms with E-state index >= 15 is 0 Å². The van der Waals surface area contributed by atoms with E-state index < -0.39 is 35.7 Å². The van der Waals surface area contributed by atoms with Gasteiger partial charge in [-0.1, -0.05) is 13.0 Å². The molecule has 0 spiro atoms.